The number of carbonyl (C=O) groups is 4. The Morgan fingerprint density at radius 1 is 1.11 bits per heavy atom. The Hall–Kier alpha value is -4.85. The average molecular weight is 507 g/mol. The lowest BCUT2D eigenvalue weighted by Gasteiger charge is -2.18. The first-order chi connectivity index (χ1) is 17.4. The third-order valence-corrected chi connectivity index (χ3v) is 6.27. The van der Waals surface area contributed by atoms with Gasteiger partial charge in [0, 0.05) is 17.5 Å². The van der Waals surface area contributed by atoms with Gasteiger partial charge in [0.1, 0.15) is 23.5 Å². The number of rotatable bonds is 7. The SMILES string of the molecule is NC(=O)c1ccc(CNC(=O)c2cc(C(=O)NCc3ccc4c(c3)NC(=O)CO4)nc3ncnn23)s1. The van der Waals surface area contributed by atoms with Crippen LogP contribution in [0.1, 0.15) is 41.1 Å². The van der Waals surface area contributed by atoms with Crippen molar-refractivity contribution < 1.29 is 23.9 Å². The van der Waals surface area contributed by atoms with Gasteiger partial charge >= 0.3 is 0 Å². The van der Waals surface area contributed by atoms with Crippen LogP contribution in [0.5, 0.6) is 5.75 Å². The van der Waals surface area contributed by atoms with Crippen molar-refractivity contribution in [3.8, 4) is 5.75 Å². The van der Waals surface area contributed by atoms with E-state index in [0.29, 0.717) is 16.3 Å². The second-order valence-electron chi connectivity index (χ2n) is 7.66. The maximum Gasteiger partial charge on any atom is 0.270 e. The van der Waals surface area contributed by atoms with Gasteiger partial charge in [0.2, 0.25) is 0 Å². The summed E-state index contributed by atoms with van der Waals surface area (Å²) in [6, 6.07) is 9.77. The molecule has 5 rings (SSSR count). The molecule has 0 radical (unpaired) electrons. The predicted molar refractivity (Wildman–Crippen MR) is 127 cm³/mol. The van der Waals surface area contributed by atoms with Gasteiger partial charge in [-0.3, -0.25) is 19.2 Å². The molecule has 1 aliphatic rings. The van der Waals surface area contributed by atoms with Gasteiger partial charge in [-0.2, -0.15) is 14.6 Å². The van der Waals surface area contributed by atoms with Crippen LogP contribution < -0.4 is 26.4 Å². The van der Waals surface area contributed by atoms with Crippen LogP contribution in [0.4, 0.5) is 5.69 Å². The highest BCUT2D eigenvalue weighted by atomic mass is 32.1. The lowest BCUT2D eigenvalue weighted by atomic mass is 10.1. The number of nitrogens with one attached hydrogen (secondary N) is 3. The van der Waals surface area contributed by atoms with Gasteiger partial charge < -0.3 is 26.4 Å². The normalized spacial score (nSPS) is 12.4. The number of thiophene rings is 1. The molecule has 1 aromatic carbocycles. The number of primary amides is 1. The molecule has 0 bridgehead atoms. The summed E-state index contributed by atoms with van der Waals surface area (Å²) in [6.07, 6.45) is 1.22. The van der Waals surface area contributed by atoms with Gasteiger partial charge in [-0.25, -0.2) is 4.98 Å². The molecule has 0 unspecified atom stereocenters. The van der Waals surface area contributed by atoms with E-state index in [0.717, 1.165) is 10.4 Å². The number of anilines is 1. The van der Waals surface area contributed by atoms with Crippen LogP contribution in [-0.2, 0) is 17.9 Å². The number of hydrogen-bond donors (Lipinski definition) is 4. The van der Waals surface area contributed by atoms with E-state index in [4.69, 9.17) is 10.5 Å². The lowest BCUT2D eigenvalue weighted by Crippen LogP contribution is -2.28. The monoisotopic (exact) mass is 506 g/mol. The van der Waals surface area contributed by atoms with Crippen molar-refractivity contribution >= 4 is 46.4 Å². The summed E-state index contributed by atoms with van der Waals surface area (Å²) in [5.74, 6) is -1.22. The van der Waals surface area contributed by atoms with Gasteiger partial charge in [0.15, 0.2) is 6.61 Å². The molecule has 13 nitrogen and oxygen atoms in total. The van der Waals surface area contributed by atoms with Gasteiger partial charge in [-0.05, 0) is 29.8 Å². The van der Waals surface area contributed by atoms with Crippen LogP contribution in [-0.4, -0.2) is 49.8 Å². The van der Waals surface area contributed by atoms with Crippen molar-refractivity contribution in [3.05, 3.63) is 69.4 Å². The molecule has 4 aromatic rings. The van der Waals surface area contributed by atoms with E-state index in [9.17, 15) is 19.2 Å². The highest BCUT2D eigenvalue weighted by Gasteiger charge is 2.20. The summed E-state index contributed by atoms with van der Waals surface area (Å²) in [5.41, 5.74) is 6.54. The quantitative estimate of drug-likeness (QED) is 0.279. The molecular formula is C22H18N8O5S. The zero-order valence-corrected chi connectivity index (χ0v) is 19.3. The van der Waals surface area contributed by atoms with E-state index in [1.807, 2.05) is 0 Å². The summed E-state index contributed by atoms with van der Waals surface area (Å²) in [6.45, 7) is 0.247. The molecular weight excluding hydrogens is 488 g/mol. The van der Waals surface area contributed by atoms with Crippen molar-refractivity contribution in [3.63, 3.8) is 0 Å². The smallest absolute Gasteiger partial charge is 0.270 e. The number of aromatic nitrogens is 4. The summed E-state index contributed by atoms with van der Waals surface area (Å²) >= 11 is 1.17. The molecule has 0 fully saturated rings. The van der Waals surface area contributed by atoms with Gasteiger partial charge in [0.05, 0.1) is 17.1 Å². The number of hydrogen-bond acceptors (Lipinski definition) is 9. The van der Waals surface area contributed by atoms with Crippen LogP contribution in [0.2, 0.25) is 0 Å². The van der Waals surface area contributed by atoms with Crippen LogP contribution in [0.25, 0.3) is 5.78 Å². The van der Waals surface area contributed by atoms with E-state index >= 15 is 0 Å². The molecule has 1 aliphatic heterocycles. The second-order valence-corrected chi connectivity index (χ2v) is 8.83. The molecule has 0 aliphatic carbocycles. The Bertz CT molecular complexity index is 1530. The van der Waals surface area contributed by atoms with Crippen molar-refractivity contribution in [2.75, 3.05) is 11.9 Å². The number of carbonyl (C=O) groups excluding carboxylic acids is 4. The topological polar surface area (TPSA) is 183 Å². The van der Waals surface area contributed by atoms with E-state index in [-0.39, 0.29) is 42.8 Å². The summed E-state index contributed by atoms with van der Waals surface area (Å²) in [4.78, 5) is 57.8. The standard InChI is InChI=1S/C22H18N8O5S/c23-19(32)17-4-2-12(36-17)8-25-21(34)15-6-14(29-22-26-10-27-30(15)22)20(33)24-7-11-1-3-16-13(5-11)28-18(31)9-35-16/h1-6,10H,7-9H2,(H2,23,32)(H,24,33)(H,25,34)(H,28,31). The zero-order valence-electron chi connectivity index (χ0n) is 18.5. The Labute approximate surface area is 206 Å². The lowest BCUT2D eigenvalue weighted by molar-refractivity contribution is -0.118. The van der Waals surface area contributed by atoms with Crippen molar-refractivity contribution in [1.82, 2.24) is 30.2 Å². The molecule has 4 amide bonds. The minimum absolute atomic E-state index is 0.0256. The number of benzene rings is 1. The molecule has 0 saturated heterocycles. The Morgan fingerprint density at radius 2 is 1.94 bits per heavy atom. The molecule has 3 aromatic heterocycles. The van der Waals surface area contributed by atoms with E-state index in [1.54, 1.807) is 30.3 Å². The number of ether oxygens (including phenoxy) is 1. The molecule has 36 heavy (non-hydrogen) atoms. The molecule has 5 N–H and O–H groups in total. The van der Waals surface area contributed by atoms with Gasteiger partial charge in [-0.1, -0.05) is 6.07 Å². The zero-order chi connectivity index (χ0) is 25.2. The van der Waals surface area contributed by atoms with E-state index < -0.39 is 17.7 Å². The first kappa shape index (κ1) is 22.9. The molecule has 0 spiro atoms. The summed E-state index contributed by atoms with van der Waals surface area (Å²) in [7, 11) is 0. The largest absolute Gasteiger partial charge is 0.482 e. The first-order valence-corrected chi connectivity index (χ1v) is 11.4. The third-order valence-electron chi connectivity index (χ3n) is 5.17. The first-order valence-electron chi connectivity index (χ1n) is 10.6. The Kier molecular flexibility index (Phi) is 6.00. The maximum absolute atomic E-state index is 12.9. The maximum atomic E-state index is 12.9. The fraction of sp³-hybridized carbons (Fsp3) is 0.136. The van der Waals surface area contributed by atoms with Gasteiger partial charge in [-0.15, -0.1) is 11.3 Å². The van der Waals surface area contributed by atoms with Crippen LogP contribution >= 0.6 is 11.3 Å². The number of amides is 4. The van der Waals surface area contributed by atoms with E-state index in [1.165, 1.54) is 28.2 Å². The molecule has 0 saturated carbocycles. The number of nitrogens with zero attached hydrogens (tertiary/aromatic N) is 4. The fourth-order valence-corrected chi connectivity index (χ4v) is 4.27. The predicted octanol–water partition coefficient (Wildman–Crippen LogP) is 0.476. The van der Waals surface area contributed by atoms with Crippen LogP contribution in [0, 0.1) is 0 Å². The minimum atomic E-state index is -0.542. The number of fused-ring (bicyclic) bond motifs is 2. The van der Waals surface area contributed by atoms with E-state index in [2.05, 4.69) is 31.0 Å². The Balaban J connectivity index is 1.30. The second kappa shape index (κ2) is 9.42. The number of nitrogens with two attached hydrogens (primary N) is 1. The highest BCUT2D eigenvalue weighted by Crippen LogP contribution is 2.28. The van der Waals surface area contributed by atoms with Crippen molar-refractivity contribution in [2.45, 2.75) is 13.1 Å². The fourth-order valence-electron chi connectivity index (χ4n) is 3.47. The molecule has 0 atom stereocenters. The third kappa shape index (κ3) is 4.69. The Morgan fingerprint density at radius 3 is 2.75 bits per heavy atom. The molecule has 14 heteroatoms. The van der Waals surface area contributed by atoms with Crippen LogP contribution in [0.3, 0.4) is 0 Å². The van der Waals surface area contributed by atoms with Gasteiger partial charge in [0.25, 0.3) is 29.4 Å². The van der Waals surface area contributed by atoms with Crippen LogP contribution in [0.15, 0.2) is 42.7 Å². The van der Waals surface area contributed by atoms with Crippen molar-refractivity contribution in [2.24, 2.45) is 5.73 Å². The van der Waals surface area contributed by atoms with Crippen molar-refractivity contribution in [1.29, 1.82) is 0 Å². The minimum Gasteiger partial charge on any atom is -0.482 e. The average Bonchev–Trinajstić information content (AvgIpc) is 3.54. The summed E-state index contributed by atoms with van der Waals surface area (Å²) < 4.78 is 6.56. The molecule has 182 valence electrons. The highest BCUT2D eigenvalue weighted by molar-refractivity contribution is 7.14. The summed E-state index contributed by atoms with van der Waals surface area (Å²) in [5, 5.41) is 12.2. The molecule has 4 heterocycles.